The quantitative estimate of drug-likeness (QED) is 0.756. The molecule has 0 aromatic carbocycles. The minimum absolute atomic E-state index is 0.268. The van der Waals surface area contributed by atoms with Gasteiger partial charge in [0.25, 0.3) is 0 Å². The summed E-state index contributed by atoms with van der Waals surface area (Å²) in [6.45, 7) is 0.268. The van der Waals surface area contributed by atoms with E-state index in [1.807, 2.05) is 12.3 Å². The second-order valence-electron chi connectivity index (χ2n) is 3.20. The van der Waals surface area contributed by atoms with Gasteiger partial charge < -0.3 is 9.51 Å². The molecule has 0 radical (unpaired) electrons. The first-order chi connectivity index (χ1) is 6.40. The SMILES string of the molecule is OCCCc1ccc2cccn2c1. The van der Waals surface area contributed by atoms with Gasteiger partial charge in [0.05, 0.1) is 0 Å². The first kappa shape index (κ1) is 8.32. The molecule has 0 fully saturated rings. The van der Waals surface area contributed by atoms with Crippen LogP contribution in [0.25, 0.3) is 5.52 Å². The van der Waals surface area contributed by atoms with Crippen LogP contribution in [0.1, 0.15) is 12.0 Å². The monoisotopic (exact) mass is 175 g/mol. The van der Waals surface area contributed by atoms with E-state index in [1.165, 1.54) is 11.1 Å². The lowest BCUT2D eigenvalue weighted by atomic mass is 10.1. The highest BCUT2D eigenvalue weighted by atomic mass is 16.2. The molecule has 0 atom stereocenters. The zero-order valence-corrected chi connectivity index (χ0v) is 7.48. The molecular weight excluding hydrogens is 162 g/mol. The van der Waals surface area contributed by atoms with Gasteiger partial charge in [-0.1, -0.05) is 6.07 Å². The molecule has 2 aromatic heterocycles. The van der Waals surface area contributed by atoms with Crippen molar-refractivity contribution in [1.29, 1.82) is 0 Å². The number of fused-ring (bicyclic) bond motifs is 1. The Balaban J connectivity index is 2.26. The third-order valence-electron chi connectivity index (χ3n) is 2.21. The largest absolute Gasteiger partial charge is 0.396 e. The summed E-state index contributed by atoms with van der Waals surface area (Å²) in [7, 11) is 0. The topological polar surface area (TPSA) is 24.6 Å². The molecule has 0 aliphatic carbocycles. The van der Waals surface area contributed by atoms with E-state index < -0.39 is 0 Å². The Morgan fingerprint density at radius 3 is 3.00 bits per heavy atom. The third-order valence-corrected chi connectivity index (χ3v) is 2.21. The molecule has 0 saturated carbocycles. The molecular formula is C11H13NO. The number of pyridine rings is 1. The maximum absolute atomic E-state index is 8.69. The highest BCUT2D eigenvalue weighted by Gasteiger charge is 1.94. The molecule has 13 heavy (non-hydrogen) atoms. The third kappa shape index (κ3) is 1.73. The van der Waals surface area contributed by atoms with Gasteiger partial charge in [-0.05, 0) is 36.6 Å². The van der Waals surface area contributed by atoms with Gasteiger partial charge in [0, 0.05) is 24.5 Å². The zero-order valence-electron chi connectivity index (χ0n) is 7.48. The smallest absolute Gasteiger partial charge is 0.0450 e. The van der Waals surface area contributed by atoms with Crippen molar-refractivity contribution in [1.82, 2.24) is 4.40 Å². The molecule has 2 heterocycles. The highest BCUT2D eigenvalue weighted by molar-refractivity contribution is 5.48. The minimum atomic E-state index is 0.268. The molecule has 2 nitrogen and oxygen atoms in total. The minimum Gasteiger partial charge on any atom is -0.396 e. The summed E-state index contributed by atoms with van der Waals surface area (Å²) in [6.07, 6.45) is 5.94. The summed E-state index contributed by atoms with van der Waals surface area (Å²) < 4.78 is 2.10. The van der Waals surface area contributed by atoms with E-state index >= 15 is 0 Å². The molecule has 68 valence electrons. The summed E-state index contributed by atoms with van der Waals surface area (Å²) in [5.41, 5.74) is 2.49. The summed E-state index contributed by atoms with van der Waals surface area (Å²) >= 11 is 0. The van der Waals surface area contributed by atoms with Gasteiger partial charge in [0.2, 0.25) is 0 Å². The molecule has 0 bridgehead atoms. The standard InChI is InChI=1S/C11H13NO/c13-8-2-3-10-5-6-11-4-1-7-12(11)9-10/h1,4-7,9,13H,2-3,8H2. The fourth-order valence-corrected chi connectivity index (χ4v) is 1.51. The fraction of sp³-hybridized carbons (Fsp3) is 0.273. The van der Waals surface area contributed by atoms with Gasteiger partial charge in [0.15, 0.2) is 0 Å². The number of rotatable bonds is 3. The van der Waals surface area contributed by atoms with E-state index in [4.69, 9.17) is 5.11 Å². The molecule has 0 amide bonds. The summed E-state index contributed by atoms with van der Waals surface area (Å²) in [5.74, 6) is 0. The number of nitrogens with zero attached hydrogens (tertiary/aromatic N) is 1. The number of aliphatic hydroxyl groups excluding tert-OH is 1. The molecule has 0 spiro atoms. The molecule has 0 unspecified atom stereocenters. The maximum atomic E-state index is 8.69. The van der Waals surface area contributed by atoms with Crippen LogP contribution in [0.15, 0.2) is 36.7 Å². The summed E-state index contributed by atoms with van der Waals surface area (Å²) in [5, 5.41) is 8.69. The van der Waals surface area contributed by atoms with Crippen LogP contribution in [0.3, 0.4) is 0 Å². The lowest BCUT2D eigenvalue weighted by Crippen LogP contribution is -1.91. The molecule has 0 aliphatic rings. The van der Waals surface area contributed by atoms with Crippen molar-refractivity contribution in [2.24, 2.45) is 0 Å². The van der Waals surface area contributed by atoms with Crippen LogP contribution in [0.5, 0.6) is 0 Å². The molecule has 0 aliphatic heterocycles. The lowest BCUT2D eigenvalue weighted by Gasteiger charge is -2.01. The summed E-state index contributed by atoms with van der Waals surface area (Å²) in [6, 6.07) is 8.33. The number of aryl methyl sites for hydroxylation is 1. The van der Waals surface area contributed by atoms with E-state index in [0.29, 0.717) is 0 Å². The van der Waals surface area contributed by atoms with Crippen LogP contribution in [0.4, 0.5) is 0 Å². The van der Waals surface area contributed by atoms with Crippen LogP contribution in [-0.2, 0) is 6.42 Å². The predicted octanol–water partition coefficient (Wildman–Crippen LogP) is 1.86. The normalized spacial score (nSPS) is 10.8. The number of hydrogen-bond acceptors (Lipinski definition) is 1. The lowest BCUT2D eigenvalue weighted by molar-refractivity contribution is 0.288. The van der Waals surface area contributed by atoms with Crippen molar-refractivity contribution in [2.45, 2.75) is 12.8 Å². The van der Waals surface area contributed by atoms with E-state index in [1.54, 1.807) is 0 Å². The number of hydrogen-bond donors (Lipinski definition) is 1. The predicted molar refractivity (Wildman–Crippen MR) is 52.8 cm³/mol. The zero-order chi connectivity index (χ0) is 9.10. The summed E-state index contributed by atoms with van der Waals surface area (Å²) in [4.78, 5) is 0. The van der Waals surface area contributed by atoms with Crippen molar-refractivity contribution in [3.63, 3.8) is 0 Å². The van der Waals surface area contributed by atoms with Gasteiger partial charge >= 0.3 is 0 Å². The molecule has 2 aromatic rings. The first-order valence-corrected chi connectivity index (χ1v) is 4.56. The number of aliphatic hydroxyl groups is 1. The Morgan fingerprint density at radius 1 is 1.23 bits per heavy atom. The fourth-order valence-electron chi connectivity index (χ4n) is 1.51. The van der Waals surface area contributed by atoms with Crippen LogP contribution in [0.2, 0.25) is 0 Å². The Kier molecular flexibility index (Phi) is 2.32. The van der Waals surface area contributed by atoms with Crippen molar-refractivity contribution < 1.29 is 5.11 Å². The van der Waals surface area contributed by atoms with Crippen LogP contribution < -0.4 is 0 Å². The van der Waals surface area contributed by atoms with Crippen molar-refractivity contribution in [2.75, 3.05) is 6.61 Å². The molecule has 0 saturated heterocycles. The molecule has 1 N–H and O–H groups in total. The van der Waals surface area contributed by atoms with E-state index in [0.717, 1.165) is 12.8 Å². The van der Waals surface area contributed by atoms with Crippen molar-refractivity contribution in [3.05, 3.63) is 42.2 Å². The molecule has 2 rings (SSSR count). The average Bonchev–Trinajstić information content (AvgIpc) is 2.61. The van der Waals surface area contributed by atoms with Gasteiger partial charge in [0.1, 0.15) is 0 Å². The Labute approximate surface area is 77.4 Å². The van der Waals surface area contributed by atoms with Gasteiger partial charge in [-0.15, -0.1) is 0 Å². The second-order valence-corrected chi connectivity index (χ2v) is 3.20. The van der Waals surface area contributed by atoms with Crippen LogP contribution in [-0.4, -0.2) is 16.1 Å². The Morgan fingerprint density at radius 2 is 2.15 bits per heavy atom. The Hall–Kier alpha value is -1.28. The Bertz CT molecular complexity index is 392. The van der Waals surface area contributed by atoms with Crippen LogP contribution in [0, 0.1) is 0 Å². The number of aromatic nitrogens is 1. The highest BCUT2D eigenvalue weighted by Crippen LogP contribution is 2.08. The molecule has 2 heteroatoms. The van der Waals surface area contributed by atoms with Crippen molar-refractivity contribution >= 4 is 5.52 Å². The van der Waals surface area contributed by atoms with E-state index in [9.17, 15) is 0 Å². The van der Waals surface area contributed by atoms with E-state index in [2.05, 4.69) is 28.8 Å². The van der Waals surface area contributed by atoms with E-state index in [-0.39, 0.29) is 6.61 Å². The van der Waals surface area contributed by atoms with Gasteiger partial charge in [-0.25, -0.2) is 0 Å². The van der Waals surface area contributed by atoms with Crippen LogP contribution >= 0.6 is 0 Å². The maximum Gasteiger partial charge on any atom is 0.0450 e. The average molecular weight is 175 g/mol. The van der Waals surface area contributed by atoms with Gasteiger partial charge in [-0.3, -0.25) is 0 Å². The first-order valence-electron chi connectivity index (χ1n) is 4.56. The second kappa shape index (κ2) is 3.62. The van der Waals surface area contributed by atoms with Gasteiger partial charge in [-0.2, -0.15) is 0 Å². The van der Waals surface area contributed by atoms with Crippen molar-refractivity contribution in [3.8, 4) is 0 Å².